The van der Waals surface area contributed by atoms with Gasteiger partial charge in [0.2, 0.25) is 5.91 Å². The third-order valence-electron chi connectivity index (χ3n) is 1.97. The van der Waals surface area contributed by atoms with Gasteiger partial charge in [-0.2, -0.15) is 0 Å². The lowest BCUT2D eigenvalue weighted by Gasteiger charge is -2.20. The molecule has 17 heavy (non-hydrogen) atoms. The molecule has 0 saturated heterocycles. The van der Waals surface area contributed by atoms with Gasteiger partial charge in [0.1, 0.15) is 0 Å². The first kappa shape index (κ1) is 15.3. The Balaban J connectivity index is 4.24. The second-order valence-electron chi connectivity index (χ2n) is 3.23. The molecule has 0 unspecified atom stereocenters. The van der Waals surface area contributed by atoms with Gasteiger partial charge >= 0.3 is 11.8 Å². The summed E-state index contributed by atoms with van der Waals surface area (Å²) in [6.45, 7) is 0.760. The van der Waals surface area contributed by atoms with E-state index in [2.05, 4.69) is 10.6 Å². The fourth-order valence-electron chi connectivity index (χ4n) is 1.09. The molecule has 0 aliphatic carbocycles. The SMILES string of the molecule is CNC(=O)CNC(=O)C(=O)N(CCN)CCN. The van der Waals surface area contributed by atoms with Crippen LogP contribution >= 0.6 is 0 Å². The summed E-state index contributed by atoms with van der Waals surface area (Å²) in [6.07, 6.45) is 0. The molecule has 0 fully saturated rings. The molecule has 0 atom stereocenters. The predicted octanol–water partition coefficient (Wildman–Crippen LogP) is -3.41. The standard InChI is InChI=1S/C9H19N5O3/c1-12-7(15)6-13-8(16)9(17)14(4-2-10)5-3-11/h2-6,10-11H2,1H3,(H,12,15)(H,13,16). The Morgan fingerprint density at radius 2 is 1.65 bits per heavy atom. The largest absolute Gasteiger partial charge is 0.358 e. The molecule has 0 aromatic carbocycles. The third-order valence-corrected chi connectivity index (χ3v) is 1.97. The Morgan fingerprint density at radius 1 is 1.12 bits per heavy atom. The zero-order valence-electron chi connectivity index (χ0n) is 9.86. The minimum Gasteiger partial charge on any atom is -0.358 e. The van der Waals surface area contributed by atoms with Crippen molar-refractivity contribution in [2.45, 2.75) is 0 Å². The number of nitrogens with zero attached hydrogens (tertiary/aromatic N) is 1. The Morgan fingerprint density at radius 3 is 2.06 bits per heavy atom. The van der Waals surface area contributed by atoms with Crippen molar-refractivity contribution in [3.8, 4) is 0 Å². The average Bonchev–Trinajstić information content (AvgIpc) is 2.34. The molecular weight excluding hydrogens is 226 g/mol. The van der Waals surface area contributed by atoms with Crippen molar-refractivity contribution < 1.29 is 14.4 Å². The minimum atomic E-state index is -0.838. The topological polar surface area (TPSA) is 131 Å². The maximum absolute atomic E-state index is 11.6. The van der Waals surface area contributed by atoms with Gasteiger partial charge in [0.15, 0.2) is 0 Å². The van der Waals surface area contributed by atoms with Gasteiger partial charge in [-0.05, 0) is 0 Å². The second-order valence-corrected chi connectivity index (χ2v) is 3.23. The van der Waals surface area contributed by atoms with Crippen LogP contribution in [0, 0.1) is 0 Å². The molecule has 98 valence electrons. The lowest BCUT2D eigenvalue weighted by Crippen LogP contribution is -2.48. The average molecular weight is 245 g/mol. The number of nitrogens with two attached hydrogens (primary N) is 2. The van der Waals surface area contributed by atoms with Crippen LogP contribution in [0.4, 0.5) is 0 Å². The van der Waals surface area contributed by atoms with E-state index in [1.807, 2.05) is 0 Å². The van der Waals surface area contributed by atoms with Crippen molar-refractivity contribution in [3.63, 3.8) is 0 Å². The molecule has 0 aliphatic heterocycles. The predicted molar refractivity (Wildman–Crippen MR) is 61.8 cm³/mol. The van der Waals surface area contributed by atoms with Crippen molar-refractivity contribution in [3.05, 3.63) is 0 Å². The maximum Gasteiger partial charge on any atom is 0.311 e. The van der Waals surface area contributed by atoms with Crippen LogP contribution in [0.5, 0.6) is 0 Å². The molecule has 0 spiro atoms. The number of likely N-dealkylation sites (N-methyl/N-ethyl adjacent to an activating group) is 1. The summed E-state index contributed by atoms with van der Waals surface area (Å²) in [4.78, 5) is 35.1. The molecule has 0 radical (unpaired) electrons. The highest BCUT2D eigenvalue weighted by molar-refractivity contribution is 6.35. The van der Waals surface area contributed by atoms with Gasteiger partial charge in [-0.25, -0.2) is 0 Å². The van der Waals surface area contributed by atoms with Crippen LogP contribution < -0.4 is 22.1 Å². The Hall–Kier alpha value is -1.67. The van der Waals surface area contributed by atoms with Gasteiger partial charge in [0, 0.05) is 33.2 Å². The minimum absolute atomic E-state index is 0.236. The summed E-state index contributed by atoms with van der Waals surface area (Å²) in [5.41, 5.74) is 10.6. The van der Waals surface area contributed by atoms with E-state index in [4.69, 9.17) is 11.5 Å². The third kappa shape index (κ3) is 5.83. The molecule has 0 aromatic rings. The van der Waals surface area contributed by atoms with Gasteiger partial charge in [-0.1, -0.05) is 0 Å². The molecule has 0 bridgehead atoms. The smallest absolute Gasteiger partial charge is 0.311 e. The summed E-state index contributed by atoms with van der Waals surface area (Å²) in [5.74, 6) is -1.95. The number of carbonyl (C=O) groups is 3. The van der Waals surface area contributed by atoms with Gasteiger partial charge in [0.25, 0.3) is 0 Å². The van der Waals surface area contributed by atoms with Crippen molar-refractivity contribution in [1.82, 2.24) is 15.5 Å². The normalized spacial score (nSPS) is 9.59. The van der Waals surface area contributed by atoms with Crippen LogP contribution in [0.2, 0.25) is 0 Å². The number of carbonyl (C=O) groups excluding carboxylic acids is 3. The van der Waals surface area contributed by atoms with Crippen LogP contribution in [0.25, 0.3) is 0 Å². The van der Waals surface area contributed by atoms with E-state index in [9.17, 15) is 14.4 Å². The van der Waals surface area contributed by atoms with E-state index in [1.165, 1.54) is 11.9 Å². The highest BCUT2D eigenvalue weighted by Gasteiger charge is 2.20. The van der Waals surface area contributed by atoms with Crippen molar-refractivity contribution >= 4 is 17.7 Å². The van der Waals surface area contributed by atoms with Gasteiger partial charge in [-0.15, -0.1) is 0 Å². The zero-order valence-corrected chi connectivity index (χ0v) is 9.86. The fourth-order valence-corrected chi connectivity index (χ4v) is 1.09. The van der Waals surface area contributed by atoms with Crippen LogP contribution in [0.3, 0.4) is 0 Å². The Labute approximate surface area is 99.7 Å². The molecule has 8 heteroatoms. The number of hydrogen-bond acceptors (Lipinski definition) is 5. The van der Waals surface area contributed by atoms with E-state index < -0.39 is 11.8 Å². The molecule has 3 amide bonds. The molecule has 0 saturated carbocycles. The second kappa shape index (κ2) is 8.48. The number of rotatable bonds is 6. The fraction of sp³-hybridized carbons (Fsp3) is 0.667. The monoisotopic (exact) mass is 245 g/mol. The lowest BCUT2D eigenvalue weighted by atomic mass is 10.4. The highest BCUT2D eigenvalue weighted by atomic mass is 16.2. The summed E-state index contributed by atoms with van der Waals surface area (Å²) in [6, 6.07) is 0. The first-order valence-electron chi connectivity index (χ1n) is 5.24. The van der Waals surface area contributed by atoms with Crippen molar-refractivity contribution in [2.75, 3.05) is 39.8 Å². The molecule has 0 rings (SSSR count). The molecule has 0 heterocycles. The summed E-state index contributed by atoms with van der Waals surface area (Å²) in [7, 11) is 1.44. The van der Waals surface area contributed by atoms with Crippen LogP contribution in [-0.4, -0.2) is 62.4 Å². The number of nitrogens with one attached hydrogen (secondary N) is 2. The van der Waals surface area contributed by atoms with Crippen LogP contribution in [0.15, 0.2) is 0 Å². The maximum atomic E-state index is 11.6. The molecule has 6 N–H and O–H groups in total. The van der Waals surface area contributed by atoms with Crippen LogP contribution in [0.1, 0.15) is 0 Å². The van der Waals surface area contributed by atoms with E-state index in [0.717, 1.165) is 0 Å². The van der Waals surface area contributed by atoms with Crippen molar-refractivity contribution in [2.24, 2.45) is 11.5 Å². The first-order valence-corrected chi connectivity index (χ1v) is 5.24. The van der Waals surface area contributed by atoms with Crippen molar-refractivity contribution in [1.29, 1.82) is 0 Å². The van der Waals surface area contributed by atoms with E-state index >= 15 is 0 Å². The van der Waals surface area contributed by atoms with Gasteiger partial charge < -0.3 is 27.0 Å². The van der Waals surface area contributed by atoms with Crippen LogP contribution in [-0.2, 0) is 14.4 Å². The van der Waals surface area contributed by atoms with Gasteiger partial charge in [-0.3, -0.25) is 14.4 Å². The van der Waals surface area contributed by atoms with E-state index in [0.29, 0.717) is 0 Å². The molecular formula is C9H19N5O3. The van der Waals surface area contributed by atoms with Gasteiger partial charge in [0.05, 0.1) is 6.54 Å². The summed E-state index contributed by atoms with van der Waals surface area (Å²) < 4.78 is 0. The first-order chi connectivity index (χ1) is 8.06. The van der Waals surface area contributed by atoms with E-state index in [1.54, 1.807) is 0 Å². The highest BCUT2D eigenvalue weighted by Crippen LogP contribution is 1.88. The quantitative estimate of drug-likeness (QED) is 0.362. The summed E-state index contributed by atoms with van der Waals surface area (Å²) >= 11 is 0. The number of hydrogen-bond donors (Lipinski definition) is 4. The number of amides is 3. The molecule has 0 aliphatic rings. The summed E-state index contributed by atoms with van der Waals surface area (Å²) in [5, 5.41) is 4.53. The molecule has 8 nitrogen and oxygen atoms in total. The zero-order chi connectivity index (χ0) is 13.3. The Bertz CT molecular complexity index is 276. The molecule has 0 aromatic heterocycles. The Kier molecular flexibility index (Phi) is 7.65. The van der Waals surface area contributed by atoms with E-state index in [-0.39, 0.29) is 38.6 Å². The lowest BCUT2D eigenvalue weighted by molar-refractivity contribution is -0.146.